The van der Waals surface area contributed by atoms with Gasteiger partial charge in [0.2, 0.25) is 0 Å². The van der Waals surface area contributed by atoms with Gasteiger partial charge in [-0.1, -0.05) is 23.8 Å². The van der Waals surface area contributed by atoms with Crippen LogP contribution in [-0.2, 0) is 9.59 Å². The lowest BCUT2D eigenvalue weighted by Gasteiger charge is -2.18. The van der Waals surface area contributed by atoms with Gasteiger partial charge in [0.15, 0.2) is 11.6 Å². The SMILES string of the molecule is Cc1ccc(N2C(=O)C(Nc3ccc(F)c(F)c3)=C(c3cccs3)C2=O)c(C)c1. The Morgan fingerprint density at radius 3 is 2.38 bits per heavy atom. The van der Waals surface area contributed by atoms with Crippen LogP contribution < -0.4 is 10.2 Å². The van der Waals surface area contributed by atoms with Gasteiger partial charge in [-0.3, -0.25) is 9.59 Å². The van der Waals surface area contributed by atoms with Gasteiger partial charge in [-0.25, -0.2) is 13.7 Å². The molecule has 3 aromatic rings. The van der Waals surface area contributed by atoms with Crippen LogP contribution in [0, 0.1) is 25.5 Å². The maximum Gasteiger partial charge on any atom is 0.282 e. The number of rotatable bonds is 4. The number of anilines is 2. The number of carbonyl (C=O) groups is 2. The van der Waals surface area contributed by atoms with Crippen molar-refractivity contribution in [1.29, 1.82) is 0 Å². The van der Waals surface area contributed by atoms with Gasteiger partial charge in [-0.2, -0.15) is 0 Å². The van der Waals surface area contributed by atoms with E-state index in [0.717, 1.165) is 28.2 Å². The molecular formula is C22H16F2N2O2S. The number of thiophene rings is 1. The number of nitrogens with one attached hydrogen (secondary N) is 1. The minimum atomic E-state index is -1.05. The summed E-state index contributed by atoms with van der Waals surface area (Å²) in [5.74, 6) is -3.05. The quantitative estimate of drug-likeness (QED) is 0.613. The molecule has 2 amide bonds. The Morgan fingerprint density at radius 2 is 1.72 bits per heavy atom. The Bertz CT molecular complexity index is 1170. The topological polar surface area (TPSA) is 49.4 Å². The zero-order valence-electron chi connectivity index (χ0n) is 15.6. The van der Waals surface area contributed by atoms with E-state index in [1.165, 1.54) is 17.4 Å². The number of benzene rings is 2. The molecule has 0 atom stereocenters. The summed E-state index contributed by atoms with van der Waals surface area (Å²) in [5.41, 5.74) is 2.69. The van der Waals surface area contributed by atoms with Gasteiger partial charge in [-0.15, -0.1) is 11.3 Å². The standard InChI is InChI=1S/C22H16F2N2O2S/c1-12-5-8-17(13(2)10-12)26-21(27)19(18-4-3-9-29-18)20(22(26)28)25-14-6-7-15(23)16(24)11-14/h3-11,25H,1-2H3. The highest BCUT2D eigenvalue weighted by Gasteiger charge is 2.41. The third-order valence-electron chi connectivity index (χ3n) is 4.63. The third kappa shape index (κ3) is 3.34. The van der Waals surface area contributed by atoms with Gasteiger partial charge >= 0.3 is 0 Å². The molecule has 1 N–H and O–H groups in total. The molecule has 2 aromatic carbocycles. The number of imide groups is 1. The molecule has 4 nitrogen and oxygen atoms in total. The van der Waals surface area contributed by atoms with Crippen LogP contribution in [0.4, 0.5) is 20.2 Å². The maximum absolute atomic E-state index is 13.6. The van der Waals surface area contributed by atoms with Crippen molar-refractivity contribution < 1.29 is 18.4 Å². The second kappa shape index (κ2) is 7.25. The van der Waals surface area contributed by atoms with Crippen molar-refractivity contribution in [2.24, 2.45) is 0 Å². The number of hydrogen-bond donors (Lipinski definition) is 1. The van der Waals surface area contributed by atoms with Crippen molar-refractivity contribution in [1.82, 2.24) is 0 Å². The van der Waals surface area contributed by atoms with Crippen LogP contribution in [0.25, 0.3) is 5.57 Å². The monoisotopic (exact) mass is 410 g/mol. The minimum absolute atomic E-state index is 0.0310. The van der Waals surface area contributed by atoms with E-state index in [9.17, 15) is 18.4 Å². The number of hydrogen-bond acceptors (Lipinski definition) is 4. The minimum Gasteiger partial charge on any atom is -0.350 e. The Kier molecular flexibility index (Phi) is 4.76. The fourth-order valence-electron chi connectivity index (χ4n) is 3.29. The molecule has 146 valence electrons. The molecule has 1 aliphatic rings. The molecular weight excluding hydrogens is 394 g/mol. The lowest BCUT2D eigenvalue weighted by Crippen LogP contribution is -2.33. The first-order valence-electron chi connectivity index (χ1n) is 8.83. The molecule has 0 unspecified atom stereocenters. The van der Waals surface area contributed by atoms with E-state index >= 15 is 0 Å². The average Bonchev–Trinajstić information content (AvgIpc) is 3.27. The van der Waals surface area contributed by atoms with E-state index in [2.05, 4.69) is 5.32 Å². The summed E-state index contributed by atoms with van der Waals surface area (Å²) in [4.78, 5) is 28.2. The molecule has 7 heteroatoms. The van der Waals surface area contributed by atoms with Crippen LogP contribution in [-0.4, -0.2) is 11.8 Å². The Balaban J connectivity index is 1.81. The average molecular weight is 410 g/mol. The first-order chi connectivity index (χ1) is 13.9. The Hall–Kier alpha value is -3.32. The van der Waals surface area contributed by atoms with Crippen molar-refractivity contribution in [2.75, 3.05) is 10.2 Å². The summed E-state index contributed by atoms with van der Waals surface area (Å²) in [6.45, 7) is 3.75. The number of amides is 2. The van der Waals surface area contributed by atoms with E-state index in [1.54, 1.807) is 23.6 Å². The van der Waals surface area contributed by atoms with Gasteiger partial charge in [0.05, 0.1) is 11.3 Å². The summed E-state index contributed by atoms with van der Waals surface area (Å²) in [7, 11) is 0. The highest BCUT2D eigenvalue weighted by atomic mass is 32.1. The predicted octanol–water partition coefficient (Wildman–Crippen LogP) is 5.04. The summed E-state index contributed by atoms with van der Waals surface area (Å²) in [6, 6.07) is 12.2. The fraction of sp³-hybridized carbons (Fsp3) is 0.0909. The molecule has 0 aliphatic carbocycles. The van der Waals surface area contributed by atoms with Crippen LogP contribution in [0.3, 0.4) is 0 Å². The molecule has 4 rings (SSSR count). The molecule has 0 saturated carbocycles. The number of nitrogens with zero attached hydrogens (tertiary/aromatic N) is 1. The van der Waals surface area contributed by atoms with E-state index < -0.39 is 23.4 Å². The predicted molar refractivity (Wildman–Crippen MR) is 110 cm³/mol. The number of aryl methyl sites for hydroxylation is 2. The van der Waals surface area contributed by atoms with Crippen LogP contribution >= 0.6 is 11.3 Å². The Morgan fingerprint density at radius 1 is 0.931 bits per heavy atom. The molecule has 0 spiro atoms. The first kappa shape index (κ1) is 19.0. The summed E-state index contributed by atoms with van der Waals surface area (Å²) in [5, 5.41) is 4.63. The molecule has 0 fully saturated rings. The fourth-order valence-corrected chi connectivity index (χ4v) is 4.06. The lowest BCUT2D eigenvalue weighted by molar-refractivity contribution is -0.120. The zero-order chi connectivity index (χ0) is 20.7. The highest BCUT2D eigenvalue weighted by molar-refractivity contribution is 7.11. The van der Waals surface area contributed by atoms with E-state index in [0.29, 0.717) is 10.6 Å². The molecule has 0 saturated heterocycles. The Labute approximate surface area is 170 Å². The van der Waals surface area contributed by atoms with Gasteiger partial charge in [-0.05, 0) is 49.1 Å². The molecule has 29 heavy (non-hydrogen) atoms. The smallest absolute Gasteiger partial charge is 0.282 e. The zero-order valence-corrected chi connectivity index (χ0v) is 16.4. The van der Waals surface area contributed by atoms with Crippen molar-refractivity contribution in [3.05, 3.63) is 87.2 Å². The van der Waals surface area contributed by atoms with Gasteiger partial charge in [0.25, 0.3) is 11.8 Å². The molecule has 0 radical (unpaired) electrons. The summed E-state index contributed by atoms with van der Waals surface area (Å²) >= 11 is 1.32. The summed E-state index contributed by atoms with van der Waals surface area (Å²) in [6.07, 6.45) is 0. The number of halogens is 2. The van der Waals surface area contributed by atoms with Gasteiger partial charge in [0.1, 0.15) is 5.70 Å². The van der Waals surface area contributed by atoms with Crippen molar-refractivity contribution in [2.45, 2.75) is 13.8 Å². The molecule has 2 heterocycles. The largest absolute Gasteiger partial charge is 0.350 e. The van der Waals surface area contributed by atoms with Crippen LogP contribution in [0.5, 0.6) is 0 Å². The van der Waals surface area contributed by atoms with Gasteiger partial charge in [0, 0.05) is 16.6 Å². The van der Waals surface area contributed by atoms with E-state index in [4.69, 9.17) is 0 Å². The van der Waals surface area contributed by atoms with Crippen molar-refractivity contribution >= 4 is 40.1 Å². The number of carbonyl (C=O) groups excluding carboxylic acids is 2. The van der Waals surface area contributed by atoms with Crippen molar-refractivity contribution in [3.8, 4) is 0 Å². The van der Waals surface area contributed by atoms with E-state index in [-0.39, 0.29) is 17.0 Å². The first-order valence-corrected chi connectivity index (χ1v) is 9.71. The van der Waals surface area contributed by atoms with Crippen molar-refractivity contribution in [3.63, 3.8) is 0 Å². The van der Waals surface area contributed by atoms with Crippen LogP contribution in [0.2, 0.25) is 0 Å². The molecule has 0 bridgehead atoms. The van der Waals surface area contributed by atoms with E-state index in [1.807, 2.05) is 26.0 Å². The third-order valence-corrected chi connectivity index (χ3v) is 5.52. The lowest BCUT2D eigenvalue weighted by atomic mass is 10.1. The second-order valence-electron chi connectivity index (χ2n) is 6.72. The van der Waals surface area contributed by atoms with Gasteiger partial charge < -0.3 is 5.32 Å². The maximum atomic E-state index is 13.6. The normalized spacial score (nSPS) is 14.1. The summed E-state index contributed by atoms with van der Waals surface area (Å²) < 4.78 is 26.9. The van der Waals surface area contributed by atoms with Crippen LogP contribution in [0.15, 0.2) is 59.6 Å². The highest BCUT2D eigenvalue weighted by Crippen LogP contribution is 2.36. The molecule has 1 aromatic heterocycles. The molecule has 1 aliphatic heterocycles. The second-order valence-corrected chi connectivity index (χ2v) is 7.66. The van der Waals surface area contributed by atoms with Crippen LogP contribution in [0.1, 0.15) is 16.0 Å².